The minimum Gasteiger partial charge on any atom is -0.479 e. The number of aromatic nitrogens is 2. The maximum absolute atomic E-state index is 14.2. The minimum atomic E-state index is -4.38. The van der Waals surface area contributed by atoms with Gasteiger partial charge in [-0.1, -0.05) is 94.5 Å². The minimum absolute atomic E-state index is 0.0570. The van der Waals surface area contributed by atoms with Gasteiger partial charge in [0.1, 0.15) is 12.4 Å². The summed E-state index contributed by atoms with van der Waals surface area (Å²) in [7, 11) is 0. The number of para-hydroxylation sites is 1. The number of fused-ring (bicyclic) bond motifs is 1. The Bertz CT molecular complexity index is 1980. The van der Waals surface area contributed by atoms with Crippen LogP contribution in [0.2, 0.25) is 0 Å². The molecule has 2 unspecified atom stereocenters. The molecule has 1 heterocycles. The second-order valence-electron chi connectivity index (χ2n) is 14.2. The third-order valence-electron chi connectivity index (χ3n) is 10.4. The molecule has 0 bridgehead atoms. The number of rotatable bonds is 16. The summed E-state index contributed by atoms with van der Waals surface area (Å²) in [6.45, 7) is 7.68. The summed E-state index contributed by atoms with van der Waals surface area (Å²) in [6.07, 6.45) is -1.13. The number of hydrogen-bond acceptors (Lipinski definition) is 8. The van der Waals surface area contributed by atoms with Gasteiger partial charge in [-0.25, -0.2) is 9.59 Å². The van der Waals surface area contributed by atoms with E-state index < -0.39 is 35.9 Å². The van der Waals surface area contributed by atoms with Crippen molar-refractivity contribution >= 4 is 28.7 Å². The lowest BCUT2D eigenvalue weighted by molar-refractivity contribution is -0.165. The molecule has 1 amide bonds. The number of benzene rings is 3. The largest absolute Gasteiger partial charge is 0.479 e. The Morgan fingerprint density at radius 3 is 1.93 bits per heavy atom. The van der Waals surface area contributed by atoms with Gasteiger partial charge in [0.2, 0.25) is 5.91 Å². The highest BCUT2D eigenvalue weighted by Gasteiger charge is 2.30. The molecule has 1 aliphatic rings. The first kappa shape index (κ1) is 44.6. The SMILES string of the molecule is CCN(CC)CCN(Cc1ccc(-c2ccc(C(F)(F)F)cc2)cc1)C(=O)Cn1c(CCC2CCCCC2)nc(=O)c2ccccc21.O=C(O)C(O)C(O)C(=O)O. The number of aliphatic carboxylic acids is 2. The van der Waals surface area contributed by atoms with Crippen LogP contribution in [0.1, 0.15) is 69.3 Å². The molecule has 0 saturated heterocycles. The van der Waals surface area contributed by atoms with E-state index in [-0.39, 0.29) is 18.0 Å². The lowest BCUT2D eigenvalue weighted by Gasteiger charge is -2.28. The molecule has 2 atom stereocenters. The van der Waals surface area contributed by atoms with Gasteiger partial charge < -0.3 is 34.8 Å². The maximum atomic E-state index is 14.2. The van der Waals surface area contributed by atoms with E-state index >= 15 is 0 Å². The third kappa shape index (κ3) is 12.7. The van der Waals surface area contributed by atoms with E-state index in [2.05, 4.69) is 23.7 Å². The first-order valence-electron chi connectivity index (χ1n) is 19.2. The van der Waals surface area contributed by atoms with E-state index in [1.807, 2.05) is 51.9 Å². The molecule has 3 aromatic carbocycles. The summed E-state index contributed by atoms with van der Waals surface area (Å²) in [5, 5.41) is 33.0. The highest BCUT2D eigenvalue weighted by Crippen LogP contribution is 2.31. The second kappa shape index (κ2) is 20.9. The first-order valence-corrected chi connectivity index (χ1v) is 19.2. The zero-order chi connectivity index (χ0) is 41.7. The second-order valence-corrected chi connectivity index (χ2v) is 14.2. The number of aliphatic hydroxyl groups is 2. The molecule has 57 heavy (non-hydrogen) atoms. The fourth-order valence-electron chi connectivity index (χ4n) is 6.92. The molecule has 4 aromatic rings. The zero-order valence-corrected chi connectivity index (χ0v) is 32.2. The number of carbonyl (C=O) groups excluding carboxylic acids is 1. The third-order valence-corrected chi connectivity index (χ3v) is 10.4. The van der Waals surface area contributed by atoms with Crippen LogP contribution in [-0.4, -0.2) is 96.0 Å². The Morgan fingerprint density at radius 1 is 0.825 bits per heavy atom. The Morgan fingerprint density at radius 2 is 1.39 bits per heavy atom. The molecule has 12 nitrogen and oxygen atoms in total. The van der Waals surface area contributed by atoms with E-state index in [9.17, 15) is 32.3 Å². The van der Waals surface area contributed by atoms with Crippen LogP contribution in [0, 0.1) is 5.92 Å². The summed E-state index contributed by atoms with van der Waals surface area (Å²) in [5.41, 5.74) is 2.21. The lowest BCUT2D eigenvalue weighted by Crippen LogP contribution is -2.40. The number of likely N-dealkylation sites (N-methyl/N-ethyl adjacent to an activating group) is 1. The van der Waals surface area contributed by atoms with Crippen molar-refractivity contribution in [2.45, 2.75) is 90.3 Å². The lowest BCUT2D eigenvalue weighted by atomic mass is 9.86. The summed E-state index contributed by atoms with van der Waals surface area (Å²) in [5.74, 6) is -2.31. The molecular formula is C42H51F3N4O8. The van der Waals surface area contributed by atoms with Gasteiger partial charge >= 0.3 is 18.1 Å². The van der Waals surface area contributed by atoms with E-state index in [4.69, 9.17) is 20.4 Å². The van der Waals surface area contributed by atoms with Crippen LogP contribution >= 0.6 is 0 Å². The van der Waals surface area contributed by atoms with Crippen LogP contribution < -0.4 is 5.56 Å². The Balaban J connectivity index is 0.000000635. The van der Waals surface area contributed by atoms with Gasteiger partial charge in [0.25, 0.3) is 5.56 Å². The van der Waals surface area contributed by atoms with E-state index in [1.54, 1.807) is 6.07 Å². The fraction of sp³-hybridized carbons (Fsp3) is 0.452. The molecule has 1 saturated carbocycles. The number of carboxylic acid groups (broad SMARTS) is 2. The molecule has 1 fully saturated rings. The molecule has 1 aliphatic carbocycles. The van der Waals surface area contributed by atoms with Gasteiger partial charge in [-0.05, 0) is 66.4 Å². The number of halogens is 3. The standard InChI is InChI=1S/C38H45F3N4O2.C4H6O6/c1-3-43(4-2)24-25-44(26-29-14-17-30(18-15-29)31-19-21-32(22-20-31)38(39,40)41)36(46)27-45-34-13-9-8-12-33(34)37(47)42-35(45)23-16-28-10-6-5-7-11-28;5-1(3(7)8)2(6)4(9)10/h8-9,12-15,17-22,28H,3-7,10-11,16,23-27H2,1-2H3;1-2,5-6H,(H,7,8)(H,9,10). The quantitative estimate of drug-likeness (QED) is 0.108. The highest BCUT2D eigenvalue weighted by molar-refractivity contribution is 5.83. The van der Waals surface area contributed by atoms with Crippen LogP contribution in [-0.2, 0) is 40.1 Å². The van der Waals surface area contributed by atoms with Crippen molar-refractivity contribution in [2.75, 3.05) is 26.2 Å². The molecule has 1 aromatic heterocycles. The number of amides is 1. The fourth-order valence-corrected chi connectivity index (χ4v) is 6.92. The van der Waals surface area contributed by atoms with E-state index in [0.29, 0.717) is 42.2 Å². The van der Waals surface area contributed by atoms with Gasteiger partial charge in [-0.2, -0.15) is 18.2 Å². The Labute approximate surface area is 329 Å². The number of carboxylic acids is 2. The summed E-state index contributed by atoms with van der Waals surface area (Å²) in [4.78, 5) is 55.4. The molecule has 15 heteroatoms. The average molecular weight is 797 g/mol. The van der Waals surface area contributed by atoms with Crippen molar-refractivity contribution in [3.05, 3.63) is 100 Å². The Hall–Kier alpha value is -5.12. The number of alkyl halides is 3. The van der Waals surface area contributed by atoms with Crippen LogP contribution in [0.25, 0.3) is 22.0 Å². The topological polar surface area (TPSA) is 174 Å². The van der Waals surface area contributed by atoms with Crippen LogP contribution in [0.15, 0.2) is 77.6 Å². The maximum Gasteiger partial charge on any atom is 0.416 e. The van der Waals surface area contributed by atoms with Gasteiger partial charge in [0.15, 0.2) is 12.2 Å². The number of carbonyl (C=O) groups is 3. The van der Waals surface area contributed by atoms with Gasteiger partial charge in [-0.15, -0.1) is 0 Å². The average Bonchev–Trinajstić information content (AvgIpc) is 3.21. The van der Waals surface area contributed by atoms with Crippen LogP contribution in [0.3, 0.4) is 0 Å². The van der Waals surface area contributed by atoms with Crippen molar-refractivity contribution in [3.63, 3.8) is 0 Å². The molecule has 5 rings (SSSR count). The van der Waals surface area contributed by atoms with Crippen molar-refractivity contribution in [1.82, 2.24) is 19.4 Å². The molecule has 4 N–H and O–H groups in total. The van der Waals surface area contributed by atoms with Crippen molar-refractivity contribution in [2.24, 2.45) is 5.92 Å². The molecule has 308 valence electrons. The highest BCUT2D eigenvalue weighted by atomic mass is 19.4. The number of nitrogens with zero attached hydrogens (tertiary/aromatic N) is 4. The van der Waals surface area contributed by atoms with E-state index in [0.717, 1.165) is 54.8 Å². The molecule has 0 radical (unpaired) electrons. The summed E-state index contributed by atoms with van der Waals surface area (Å²) in [6, 6.07) is 20.1. The number of aliphatic hydroxyl groups excluding tert-OH is 2. The summed E-state index contributed by atoms with van der Waals surface area (Å²) < 4.78 is 41.1. The normalized spacial score (nSPS) is 14.5. The smallest absolute Gasteiger partial charge is 0.416 e. The monoisotopic (exact) mass is 796 g/mol. The van der Waals surface area contributed by atoms with Crippen molar-refractivity contribution in [3.8, 4) is 11.1 Å². The number of aryl methyl sites for hydroxylation is 1. The molecule has 0 spiro atoms. The van der Waals surface area contributed by atoms with Gasteiger partial charge in [0.05, 0.1) is 16.5 Å². The van der Waals surface area contributed by atoms with Crippen LogP contribution in [0.5, 0.6) is 0 Å². The molecule has 0 aliphatic heterocycles. The van der Waals surface area contributed by atoms with Crippen molar-refractivity contribution < 1.29 is 48.0 Å². The van der Waals surface area contributed by atoms with Gasteiger partial charge in [-0.3, -0.25) is 9.59 Å². The number of hydrogen-bond donors (Lipinski definition) is 4. The van der Waals surface area contributed by atoms with Crippen LogP contribution in [0.4, 0.5) is 13.2 Å². The first-order chi connectivity index (χ1) is 27.1. The van der Waals surface area contributed by atoms with Gasteiger partial charge in [0, 0.05) is 26.1 Å². The molecular weight excluding hydrogens is 745 g/mol. The summed E-state index contributed by atoms with van der Waals surface area (Å²) >= 11 is 0. The van der Waals surface area contributed by atoms with E-state index in [1.165, 1.54) is 44.2 Å². The Kier molecular flexibility index (Phi) is 16.3. The predicted octanol–water partition coefficient (Wildman–Crippen LogP) is 5.84. The zero-order valence-electron chi connectivity index (χ0n) is 32.2. The predicted molar refractivity (Wildman–Crippen MR) is 208 cm³/mol. The van der Waals surface area contributed by atoms with Crippen molar-refractivity contribution in [1.29, 1.82) is 0 Å².